The second-order valence-corrected chi connectivity index (χ2v) is 4.17. The van der Waals surface area contributed by atoms with E-state index in [0.29, 0.717) is 0 Å². The zero-order chi connectivity index (χ0) is 13.8. The van der Waals surface area contributed by atoms with Crippen molar-refractivity contribution in [1.29, 1.82) is 0 Å². The first-order valence-corrected chi connectivity index (χ1v) is 6.47. The Morgan fingerprint density at radius 3 is 2.68 bits per heavy atom. The van der Waals surface area contributed by atoms with Crippen LogP contribution < -0.4 is 0 Å². The maximum Gasteiger partial charge on any atom is 0.0635 e. The molecule has 1 aromatic carbocycles. The molecule has 0 aliphatic heterocycles. The highest BCUT2D eigenvalue weighted by Crippen LogP contribution is 2.02. The monoisotopic (exact) mass is 251 g/mol. The molecule has 98 valence electrons. The number of benzene rings is 1. The largest absolute Gasteiger partial charge is 0.292 e. The lowest BCUT2D eigenvalue weighted by Gasteiger charge is -1.94. The van der Waals surface area contributed by atoms with Gasteiger partial charge in [-0.3, -0.25) is 4.99 Å². The van der Waals surface area contributed by atoms with E-state index in [1.165, 1.54) is 5.56 Å². The van der Waals surface area contributed by atoms with Gasteiger partial charge < -0.3 is 0 Å². The van der Waals surface area contributed by atoms with Crippen molar-refractivity contribution in [2.24, 2.45) is 4.99 Å². The number of hydrogen-bond donors (Lipinski definition) is 0. The molecule has 0 bridgehead atoms. The molecule has 0 fully saturated rings. The molecule has 1 nitrogen and oxygen atoms in total. The molecule has 0 saturated heterocycles. The Balaban J connectivity index is 2.18. The van der Waals surface area contributed by atoms with E-state index in [2.05, 4.69) is 42.4 Å². The molecular weight excluding hydrogens is 230 g/mol. The second kappa shape index (κ2) is 9.84. The summed E-state index contributed by atoms with van der Waals surface area (Å²) in [5.74, 6) is 0. The summed E-state index contributed by atoms with van der Waals surface area (Å²) in [6, 6.07) is 10.3. The van der Waals surface area contributed by atoms with Gasteiger partial charge in [0.15, 0.2) is 0 Å². The van der Waals surface area contributed by atoms with Gasteiger partial charge in [-0.25, -0.2) is 0 Å². The van der Waals surface area contributed by atoms with E-state index in [0.717, 1.165) is 25.0 Å². The van der Waals surface area contributed by atoms with Crippen molar-refractivity contribution in [2.45, 2.75) is 19.4 Å². The molecule has 0 saturated carbocycles. The molecule has 0 spiro atoms. The number of aliphatic imine (C=N–C) groups is 1. The fourth-order valence-electron chi connectivity index (χ4n) is 1.49. The van der Waals surface area contributed by atoms with Crippen LogP contribution in [0.15, 0.2) is 84.4 Å². The summed E-state index contributed by atoms with van der Waals surface area (Å²) in [5.41, 5.74) is 2.32. The van der Waals surface area contributed by atoms with Crippen LogP contribution >= 0.6 is 0 Å². The third kappa shape index (κ3) is 7.72. The summed E-state index contributed by atoms with van der Waals surface area (Å²) in [6.45, 7) is 8.32. The SMILES string of the molecule is C=C/C=C\C(=C)C/C=C\CC=NCc1ccccc1. The fraction of sp³-hybridized carbons (Fsp3) is 0.167. The van der Waals surface area contributed by atoms with Crippen molar-refractivity contribution in [1.82, 2.24) is 0 Å². The van der Waals surface area contributed by atoms with Crippen LogP contribution in [0.5, 0.6) is 0 Å². The molecule has 19 heavy (non-hydrogen) atoms. The molecule has 1 heteroatoms. The maximum atomic E-state index is 4.38. The smallest absolute Gasteiger partial charge is 0.0635 e. The first-order chi connectivity index (χ1) is 9.33. The number of hydrogen-bond acceptors (Lipinski definition) is 1. The number of rotatable bonds is 8. The lowest BCUT2D eigenvalue weighted by Crippen LogP contribution is -1.80. The van der Waals surface area contributed by atoms with Crippen molar-refractivity contribution in [3.63, 3.8) is 0 Å². The van der Waals surface area contributed by atoms with E-state index >= 15 is 0 Å². The van der Waals surface area contributed by atoms with Crippen LogP contribution in [0, 0.1) is 0 Å². The molecule has 0 N–H and O–H groups in total. The van der Waals surface area contributed by atoms with E-state index in [1.54, 1.807) is 6.08 Å². The predicted octanol–water partition coefficient (Wildman–Crippen LogP) is 4.89. The molecule has 0 heterocycles. The van der Waals surface area contributed by atoms with Gasteiger partial charge in [-0.2, -0.15) is 0 Å². The highest BCUT2D eigenvalue weighted by molar-refractivity contribution is 5.59. The van der Waals surface area contributed by atoms with E-state index in [9.17, 15) is 0 Å². The van der Waals surface area contributed by atoms with Crippen LogP contribution in [0.4, 0.5) is 0 Å². The van der Waals surface area contributed by atoms with Crippen molar-refractivity contribution >= 4 is 6.21 Å². The van der Waals surface area contributed by atoms with Gasteiger partial charge in [0.05, 0.1) is 6.54 Å². The average Bonchev–Trinajstić information content (AvgIpc) is 2.45. The van der Waals surface area contributed by atoms with Crippen molar-refractivity contribution in [3.8, 4) is 0 Å². The van der Waals surface area contributed by atoms with Gasteiger partial charge in [0.2, 0.25) is 0 Å². The fourth-order valence-corrected chi connectivity index (χ4v) is 1.49. The molecule has 0 radical (unpaired) electrons. The van der Waals surface area contributed by atoms with E-state index in [1.807, 2.05) is 36.6 Å². The normalized spacial score (nSPS) is 11.6. The van der Waals surface area contributed by atoms with E-state index < -0.39 is 0 Å². The predicted molar refractivity (Wildman–Crippen MR) is 85.5 cm³/mol. The molecule has 0 aromatic heterocycles. The summed E-state index contributed by atoms with van der Waals surface area (Å²) < 4.78 is 0. The lowest BCUT2D eigenvalue weighted by atomic mass is 10.2. The number of nitrogens with zero attached hydrogens (tertiary/aromatic N) is 1. The first kappa shape index (κ1) is 14.9. The van der Waals surface area contributed by atoms with Crippen molar-refractivity contribution < 1.29 is 0 Å². The Morgan fingerprint density at radius 2 is 1.95 bits per heavy atom. The Hall–Kier alpha value is -2.15. The standard InChI is InChI=1S/C18H21N/c1-3-4-11-17(2)12-7-6-10-15-19-16-18-13-8-5-9-14-18/h3-9,11,13-15H,1-2,10,12,16H2/b7-6-,11-4-,19-15?. The lowest BCUT2D eigenvalue weighted by molar-refractivity contribution is 1.07. The molecule has 0 aliphatic carbocycles. The van der Waals surface area contributed by atoms with Gasteiger partial charge in [-0.15, -0.1) is 0 Å². The third-order valence-electron chi connectivity index (χ3n) is 2.50. The average molecular weight is 251 g/mol. The highest BCUT2D eigenvalue weighted by Gasteiger charge is 1.85. The van der Waals surface area contributed by atoms with Gasteiger partial charge in [-0.1, -0.05) is 79.4 Å². The minimum Gasteiger partial charge on any atom is -0.292 e. The minimum absolute atomic E-state index is 0.753. The maximum absolute atomic E-state index is 4.38. The molecule has 1 rings (SSSR count). The van der Waals surface area contributed by atoms with Crippen molar-refractivity contribution in [3.05, 3.63) is 85.0 Å². The zero-order valence-electron chi connectivity index (χ0n) is 11.3. The second-order valence-electron chi connectivity index (χ2n) is 4.17. The van der Waals surface area contributed by atoms with E-state index in [4.69, 9.17) is 0 Å². The van der Waals surface area contributed by atoms with Gasteiger partial charge >= 0.3 is 0 Å². The quantitative estimate of drug-likeness (QED) is 0.354. The highest BCUT2D eigenvalue weighted by atomic mass is 14.7. The number of allylic oxidation sites excluding steroid dienone is 6. The van der Waals surface area contributed by atoms with E-state index in [-0.39, 0.29) is 0 Å². The van der Waals surface area contributed by atoms with Crippen molar-refractivity contribution in [2.75, 3.05) is 0 Å². The summed E-state index contributed by atoms with van der Waals surface area (Å²) in [6.07, 6.45) is 13.5. The Morgan fingerprint density at radius 1 is 1.16 bits per heavy atom. The molecule has 0 atom stereocenters. The van der Waals surface area contributed by atoms with Crippen LogP contribution in [0.1, 0.15) is 18.4 Å². The Labute approximate surface area is 116 Å². The molecular formula is C18H21N. The summed E-state index contributed by atoms with van der Waals surface area (Å²) >= 11 is 0. The molecule has 1 aromatic rings. The van der Waals surface area contributed by atoms with Crippen LogP contribution in [-0.2, 0) is 6.54 Å². The van der Waals surface area contributed by atoms with Crippen LogP contribution in [-0.4, -0.2) is 6.21 Å². The van der Waals surface area contributed by atoms with Crippen LogP contribution in [0.3, 0.4) is 0 Å². The van der Waals surface area contributed by atoms with Crippen LogP contribution in [0.25, 0.3) is 0 Å². The molecule has 0 unspecified atom stereocenters. The van der Waals surface area contributed by atoms with Gasteiger partial charge in [0.25, 0.3) is 0 Å². The topological polar surface area (TPSA) is 12.4 Å². The van der Waals surface area contributed by atoms with Gasteiger partial charge in [0, 0.05) is 12.6 Å². The van der Waals surface area contributed by atoms with Gasteiger partial charge in [-0.05, 0) is 12.0 Å². The summed E-state index contributed by atoms with van der Waals surface area (Å²) in [4.78, 5) is 4.38. The Bertz CT molecular complexity index is 464. The van der Waals surface area contributed by atoms with Crippen LogP contribution in [0.2, 0.25) is 0 Å². The Kier molecular flexibility index (Phi) is 7.72. The van der Waals surface area contributed by atoms with Gasteiger partial charge in [0.1, 0.15) is 0 Å². The molecule has 0 aliphatic rings. The third-order valence-corrected chi connectivity index (χ3v) is 2.50. The summed E-state index contributed by atoms with van der Waals surface area (Å²) in [7, 11) is 0. The molecule has 0 amide bonds. The summed E-state index contributed by atoms with van der Waals surface area (Å²) in [5, 5.41) is 0. The zero-order valence-corrected chi connectivity index (χ0v) is 11.3. The minimum atomic E-state index is 0.753. The first-order valence-electron chi connectivity index (χ1n) is 6.47.